The normalized spacial score (nSPS) is 35.6. The van der Waals surface area contributed by atoms with Crippen molar-refractivity contribution in [1.29, 1.82) is 0 Å². The zero-order valence-electron chi connectivity index (χ0n) is 43.6. The van der Waals surface area contributed by atoms with Crippen LogP contribution in [0.5, 0.6) is 0 Å². The third-order valence-corrected chi connectivity index (χ3v) is 21.0. The molecule has 0 aliphatic heterocycles. The van der Waals surface area contributed by atoms with Crippen LogP contribution in [0.3, 0.4) is 0 Å². The fourth-order valence-corrected chi connectivity index (χ4v) is 16.8. The Morgan fingerprint density at radius 2 is 0.508 bits per heavy atom. The van der Waals surface area contributed by atoms with Crippen molar-refractivity contribution in [3.05, 3.63) is 0 Å². The van der Waals surface area contributed by atoms with Crippen LogP contribution >= 0.6 is 0 Å². The van der Waals surface area contributed by atoms with Gasteiger partial charge in [0.2, 0.25) is 0 Å². The number of rotatable bonds is 28. The summed E-state index contributed by atoms with van der Waals surface area (Å²) in [5.74, 6) is 14.3. The molecule has 6 fully saturated rings. The maximum Gasteiger partial charge on any atom is 0.0468 e. The Morgan fingerprint density at radius 3 is 0.762 bits per heavy atom. The molecule has 0 radical (unpaired) electrons. The molecule has 368 valence electrons. The zero-order valence-corrected chi connectivity index (χ0v) is 43.6. The second kappa shape index (κ2) is 30.4. The minimum absolute atomic E-state index is 0.942. The summed E-state index contributed by atoms with van der Waals surface area (Å²) in [5, 5.41) is 0. The molecule has 0 N–H and O–H groups in total. The van der Waals surface area contributed by atoms with Crippen LogP contribution in [0.2, 0.25) is 0 Å². The van der Waals surface area contributed by atoms with E-state index < -0.39 is 0 Å². The third-order valence-electron chi connectivity index (χ3n) is 21.0. The summed E-state index contributed by atoms with van der Waals surface area (Å²) < 4.78 is 6.95. The van der Waals surface area contributed by atoms with Gasteiger partial charge in [-0.3, -0.25) is 0 Å². The molecule has 2 atom stereocenters. The van der Waals surface area contributed by atoms with E-state index in [9.17, 15) is 0 Å². The lowest BCUT2D eigenvalue weighted by molar-refractivity contribution is 0.0302. The number of hydrogen-bond acceptors (Lipinski definition) is 1. The predicted molar refractivity (Wildman–Crippen MR) is 276 cm³/mol. The molecule has 0 spiro atoms. The molecule has 1 heteroatoms. The summed E-state index contributed by atoms with van der Waals surface area (Å²) >= 11 is 0. The van der Waals surface area contributed by atoms with Gasteiger partial charge in [0, 0.05) is 13.2 Å². The highest BCUT2D eigenvalue weighted by atomic mass is 16.5. The lowest BCUT2D eigenvalue weighted by Gasteiger charge is -2.43. The smallest absolute Gasteiger partial charge is 0.0468 e. The van der Waals surface area contributed by atoms with Crippen LogP contribution in [0.4, 0.5) is 0 Å². The Bertz CT molecular complexity index is 994. The Morgan fingerprint density at radius 1 is 0.286 bits per heavy atom. The van der Waals surface area contributed by atoms with Crippen molar-refractivity contribution in [2.75, 3.05) is 13.2 Å². The molecule has 0 aromatic carbocycles. The summed E-state index contributed by atoms with van der Waals surface area (Å²) in [6, 6.07) is 0. The molecule has 0 heterocycles. The highest BCUT2D eigenvalue weighted by molar-refractivity contribution is 4.90. The largest absolute Gasteiger partial charge is 0.381 e. The van der Waals surface area contributed by atoms with E-state index in [4.69, 9.17) is 4.74 Å². The van der Waals surface area contributed by atoms with Gasteiger partial charge >= 0.3 is 0 Å². The number of ether oxygens (including phenoxy) is 1. The summed E-state index contributed by atoms with van der Waals surface area (Å²) in [7, 11) is 0. The SMILES string of the molecule is CCCCCC1CCC(C2CCC(C(CCOCCC(C3CCC(CCCCC)CC3)C3CCC(C4CCC(CCCCC)CC4)CC3)C3CCC(CCCCC)CC3)CC2)CC1. The molecule has 0 saturated heterocycles. The van der Waals surface area contributed by atoms with Gasteiger partial charge in [-0.2, -0.15) is 0 Å². The predicted octanol–water partition coefficient (Wildman–Crippen LogP) is 20.2. The first-order chi connectivity index (χ1) is 31.1. The van der Waals surface area contributed by atoms with Crippen LogP contribution in [0, 0.1) is 82.9 Å². The van der Waals surface area contributed by atoms with Crippen molar-refractivity contribution in [3.63, 3.8) is 0 Å². The Balaban J connectivity index is 0.984. The topological polar surface area (TPSA) is 9.23 Å². The first-order valence-corrected chi connectivity index (χ1v) is 30.7. The highest BCUT2D eigenvalue weighted by Gasteiger charge is 2.39. The molecule has 6 saturated carbocycles. The van der Waals surface area contributed by atoms with Gasteiger partial charge in [-0.15, -0.1) is 0 Å². The molecule has 1 nitrogen and oxygen atoms in total. The minimum Gasteiger partial charge on any atom is -0.381 e. The third kappa shape index (κ3) is 17.8. The summed E-state index contributed by atoms with van der Waals surface area (Å²) in [5.41, 5.74) is 0. The zero-order chi connectivity index (χ0) is 43.9. The molecule has 6 aliphatic carbocycles. The lowest BCUT2D eigenvalue weighted by atomic mass is 9.63. The quantitative estimate of drug-likeness (QED) is 0.0712. The van der Waals surface area contributed by atoms with Crippen LogP contribution in [0.1, 0.15) is 297 Å². The van der Waals surface area contributed by atoms with E-state index in [2.05, 4.69) is 27.7 Å². The molecule has 6 aliphatic rings. The van der Waals surface area contributed by atoms with Gasteiger partial charge in [0.25, 0.3) is 0 Å². The average Bonchev–Trinajstić information content (AvgIpc) is 3.33. The maximum atomic E-state index is 6.95. The second-order valence-corrected chi connectivity index (χ2v) is 25.0. The molecular weight excluding hydrogens is 761 g/mol. The van der Waals surface area contributed by atoms with Crippen molar-refractivity contribution in [2.45, 2.75) is 297 Å². The minimum atomic E-state index is 0.942. The Hall–Kier alpha value is -0.0400. The van der Waals surface area contributed by atoms with Crippen molar-refractivity contribution in [1.82, 2.24) is 0 Å². The van der Waals surface area contributed by atoms with E-state index in [-0.39, 0.29) is 0 Å². The maximum absolute atomic E-state index is 6.95. The van der Waals surface area contributed by atoms with Gasteiger partial charge in [0.05, 0.1) is 0 Å². The molecule has 0 aromatic rings. The van der Waals surface area contributed by atoms with E-state index in [1.54, 1.807) is 103 Å². The molecule has 0 bridgehead atoms. The average molecular weight is 876 g/mol. The summed E-state index contributed by atoms with van der Waals surface area (Å²) in [6.07, 6.45) is 63.3. The van der Waals surface area contributed by atoms with Crippen molar-refractivity contribution in [3.8, 4) is 0 Å². The standard InChI is InChI=1S/C62H114O/c1-5-9-13-17-49-21-29-53(30-22-49)55-37-41-59(42-38-55)61(57-33-25-51(26-34-57)19-15-11-7-3)45-47-63-48-46-62(58-35-27-52(28-36-58)20-16-12-8-4)60-43-39-56(40-44-60)54-31-23-50(24-32-54)18-14-10-6-2/h49-62H,5-48H2,1-4H3. The van der Waals surface area contributed by atoms with E-state index in [1.807, 2.05) is 0 Å². The first kappa shape index (κ1) is 52.3. The summed E-state index contributed by atoms with van der Waals surface area (Å²) in [4.78, 5) is 0. The van der Waals surface area contributed by atoms with Crippen molar-refractivity contribution in [2.24, 2.45) is 82.9 Å². The fraction of sp³-hybridized carbons (Fsp3) is 1.00. The first-order valence-electron chi connectivity index (χ1n) is 30.7. The van der Waals surface area contributed by atoms with Gasteiger partial charge in [-0.25, -0.2) is 0 Å². The van der Waals surface area contributed by atoms with Crippen LogP contribution in [-0.2, 0) is 4.74 Å². The van der Waals surface area contributed by atoms with Crippen LogP contribution in [-0.4, -0.2) is 13.2 Å². The van der Waals surface area contributed by atoms with Crippen LogP contribution in [0.25, 0.3) is 0 Å². The lowest BCUT2D eigenvalue weighted by Crippen LogP contribution is -2.34. The summed E-state index contributed by atoms with van der Waals surface area (Å²) in [6.45, 7) is 11.6. The van der Waals surface area contributed by atoms with Gasteiger partial charge in [0.15, 0.2) is 0 Å². The monoisotopic (exact) mass is 875 g/mol. The molecule has 6 rings (SSSR count). The van der Waals surface area contributed by atoms with E-state index in [0.29, 0.717) is 0 Å². The fourth-order valence-electron chi connectivity index (χ4n) is 16.8. The van der Waals surface area contributed by atoms with Crippen molar-refractivity contribution >= 4 is 0 Å². The molecule has 2 unspecified atom stereocenters. The molecule has 0 amide bonds. The van der Waals surface area contributed by atoms with Gasteiger partial charge in [-0.1, -0.05) is 182 Å². The number of hydrogen-bond donors (Lipinski definition) is 0. The van der Waals surface area contributed by atoms with Gasteiger partial charge < -0.3 is 4.74 Å². The highest BCUT2D eigenvalue weighted by Crippen LogP contribution is 2.50. The van der Waals surface area contributed by atoms with Gasteiger partial charge in [-0.05, 0) is 198 Å². The van der Waals surface area contributed by atoms with E-state index in [1.165, 1.54) is 167 Å². The van der Waals surface area contributed by atoms with Crippen LogP contribution in [0.15, 0.2) is 0 Å². The van der Waals surface area contributed by atoms with E-state index >= 15 is 0 Å². The Kier molecular flexibility index (Phi) is 25.3. The van der Waals surface area contributed by atoms with Crippen LogP contribution < -0.4 is 0 Å². The van der Waals surface area contributed by atoms with Gasteiger partial charge in [0.1, 0.15) is 0 Å². The number of unbranched alkanes of at least 4 members (excludes halogenated alkanes) is 8. The van der Waals surface area contributed by atoms with Crippen molar-refractivity contribution < 1.29 is 4.74 Å². The molecule has 63 heavy (non-hydrogen) atoms. The van der Waals surface area contributed by atoms with E-state index in [0.717, 1.165) is 96.1 Å². The Labute approximate surface area is 396 Å². The molecular formula is C62H114O. The molecule has 0 aromatic heterocycles. The second-order valence-electron chi connectivity index (χ2n) is 25.0.